The van der Waals surface area contributed by atoms with Gasteiger partial charge in [-0.1, -0.05) is 0 Å². The van der Waals surface area contributed by atoms with Gasteiger partial charge in [-0.15, -0.1) is 0 Å². The number of ether oxygens (including phenoxy) is 2. The molecule has 0 radical (unpaired) electrons. The van der Waals surface area contributed by atoms with Crippen LogP contribution >= 0.6 is 0 Å². The zero-order chi connectivity index (χ0) is 18.8. The summed E-state index contributed by atoms with van der Waals surface area (Å²) < 4.78 is 11.7. The summed E-state index contributed by atoms with van der Waals surface area (Å²) in [5.74, 6) is 1.13. The Morgan fingerprint density at radius 1 is 0.963 bits per heavy atom. The van der Waals surface area contributed by atoms with Crippen LogP contribution < -0.4 is 14.2 Å². The van der Waals surface area contributed by atoms with Gasteiger partial charge in [0, 0.05) is 36.7 Å². The molecule has 2 aliphatic rings. The Morgan fingerprint density at radius 3 is 2.33 bits per heavy atom. The molecule has 0 atom stereocenters. The van der Waals surface area contributed by atoms with Crippen LogP contribution in [0.15, 0.2) is 42.7 Å². The number of fused-ring (bicyclic) bond motifs is 1. The van der Waals surface area contributed by atoms with E-state index in [0.29, 0.717) is 66.5 Å². The Labute approximate surface area is 156 Å². The number of ketones is 1. The largest absolute Gasteiger partial charge is 0.619 e. The van der Waals surface area contributed by atoms with Crippen molar-refractivity contribution in [3.05, 3.63) is 59.1 Å². The Hall–Kier alpha value is -3.09. The van der Waals surface area contributed by atoms with Crippen LogP contribution in [0, 0.1) is 11.1 Å². The van der Waals surface area contributed by atoms with E-state index in [0.717, 1.165) is 0 Å². The molecular formula is C20H20N2O5. The second-order valence-corrected chi connectivity index (χ2v) is 6.74. The topological polar surface area (TPSA) is 82.8 Å². The molecule has 1 aromatic carbocycles. The molecule has 1 aromatic heterocycles. The first-order chi connectivity index (χ1) is 13.1. The molecule has 27 heavy (non-hydrogen) atoms. The zero-order valence-electron chi connectivity index (χ0n) is 14.8. The molecule has 3 heterocycles. The van der Waals surface area contributed by atoms with Crippen LogP contribution in [0.2, 0.25) is 0 Å². The number of pyridine rings is 1. The van der Waals surface area contributed by atoms with E-state index < -0.39 is 0 Å². The van der Waals surface area contributed by atoms with Crippen LogP contribution in [-0.4, -0.2) is 42.9 Å². The Balaban J connectivity index is 1.39. The predicted octanol–water partition coefficient (Wildman–Crippen LogP) is 1.83. The van der Waals surface area contributed by atoms with Crippen LogP contribution in [0.4, 0.5) is 0 Å². The third-order valence-corrected chi connectivity index (χ3v) is 5.03. The summed E-state index contributed by atoms with van der Waals surface area (Å²) in [7, 11) is 0. The lowest BCUT2D eigenvalue weighted by molar-refractivity contribution is -0.605. The van der Waals surface area contributed by atoms with Crippen LogP contribution in [0.5, 0.6) is 11.5 Å². The van der Waals surface area contributed by atoms with Crippen molar-refractivity contribution in [3.8, 4) is 11.5 Å². The molecule has 0 N–H and O–H groups in total. The maximum absolute atomic E-state index is 12.8. The third-order valence-electron chi connectivity index (χ3n) is 5.03. The van der Waals surface area contributed by atoms with Crippen molar-refractivity contribution in [1.82, 2.24) is 4.90 Å². The van der Waals surface area contributed by atoms with Crippen LogP contribution in [0.1, 0.15) is 33.6 Å². The molecule has 1 amide bonds. The minimum atomic E-state index is -0.115. The molecular weight excluding hydrogens is 348 g/mol. The molecule has 0 unspecified atom stereocenters. The van der Waals surface area contributed by atoms with Gasteiger partial charge in [-0.3, -0.25) is 9.59 Å². The fourth-order valence-electron chi connectivity index (χ4n) is 3.52. The normalized spacial score (nSPS) is 16.8. The maximum Gasteiger partial charge on any atom is 0.254 e. The standard InChI is InChI=1S/C20H20N2O5/c23-19(16-1-2-17-18(13-16)27-12-11-26-17)14-3-7-21(8-4-14)20(24)15-5-9-22(25)10-6-15/h1-2,5-6,9-10,13-14H,3-4,7-8,11-12H2. The van der Waals surface area contributed by atoms with Gasteiger partial charge in [-0.05, 0) is 31.0 Å². The Bertz CT molecular complexity index is 857. The molecule has 2 aliphatic heterocycles. The second-order valence-electron chi connectivity index (χ2n) is 6.74. The summed E-state index contributed by atoms with van der Waals surface area (Å²) in [5.41, 5.74) is 1.10. The molecule has 0 spiro atoms. The van der Waals surface area contributed by atoms with Gasteiger partial charge >= 0.3 is 0 Å². The predicted molar refractivity (Wildman–Crippen MR) is 95.8 cm³/mol. The average molecular weight is 368 g/mol. The van der Waals surface area contributed by atoms with Gasteiger partial charge in [-0.2, -0.15) is 4.73 Å². The van der Waals surface area contributed by atoms with Crippen molar-refractivity contribution in [2.24, 2.45) is 5.92 Å². The summed E-state index contributed by atoms with van der Waals surface area (Å²) in [6, 6.07) is 8.33. The molecule has 140 valence electrons. The van der Waals surface area contributed by atoms with Crippen LogP contribution in [0.3, 0.4) is 0 Å². The van der Waals surface area contributed by atoms with Gasteiger partial charge in [-0.25, -0.2) is 0 Å². The highest BCUT2D eigenvalue weighted by atomic mass is 16.6. The monoisotopic (exact) mass is 368 g/mol. The molecule has 1 saturated heterocycles. The fourth-order valence-corrected chi connectivity index (χ4v) is 3.52. The minimum Gasteiger partial charge on any atom is -0.619 e. The average Bonchev–Trinajstić information content (AvgIpc) is 2.73. The minimum absolute atomic E-state index is 0.0752. The van der Waals surface area contributed by atoms with Crippen molar-refractivity contribution in [3.63, 3.8) is 0 Å². The van der Waals surface area contributed by atoms with E-state index in [-0.39, 0.29) is 17.6 Å². The molecule has 0 saturated carbocycles. The summed E-state index contributed by atoms with van der Waals surface area (Å²) in [6.07, 6.45) is 3.86. The highest BCUT2D eigenvalue weighted by molar-refractivity contribution is 5.99. The second kappa shape index (κ2) is 7.26. The summed E-state index contributed by atoms with van der Waals surface area (Å²) >= 11 is 0. The number of rotatable bonds is 3. The van der Waals surface area contributed by atoms with Crippen LogP contribution in [0.25, 0.3) is 0 Å². The number of amides is 1. The number of piperidine rings is 1. The number of benzene rings is 1. The molecule has 7 nitrogen and oxygen atoms in total. The number of nitrogens with zero attached hydrogens (tertiary/aromatic N) is 2. The fraction of sp³-hybridized carbons (Fsp3) is 0.350. The van der Waals surface area contributed by atoms with Gasteiger partial charge in [0.2, 0.25) is 0 Å². The number of hydrogen-bond donors (Lipinski definition) is 0. The number of likely N-dealkylation sites (tertiary alicyclic amines) is 1. The van der Waals surface area contributed by atoms with E-state index in [1.165, 1.54) is 24.5 Å². The molecule has 1 fully saturated rings. The number of carbonyl (C=O) groups excluding carboxylic acids is 2. The van der Waals surface area contributed by atoms with Gasteiger partial charge in [0.1, 0.15) is 13.2 Å². The van der Waals surface area contributed by atoms with Crippen molar-refractivity contribution >= 4 is 11.7 Å². The highest BCUT2D eigenvalue weighted by Gasteiger charge is 2.29. The van der Waals surface area contributed by atoms with E-state index in [9.17, 15) is 14.8 Å². The van der Waals surface area contributed by atoms with Crippen molar-refractivity contribution in [2.75, 3.05) is 26.3 Å². The first kappa shape index (κ1) is 17.3. The lowest BCUT2D eigenvalue weighted by Gasteiger charge is -2.31. The van der Waals surface area contributed by atoms with E-state index in [2.05, 4.69) is 0 Å². The van der Waals surface area contributed by atoms with Gasteiger partial charge < -0.3 is 19.6 Å². The first-order valence-electron chi connectivity index (χ1n) is 9.04. The van der Waals surface area contributed by atoms with Gasteiger partial charge in [0.15, 0.2) is 29.7 Å². The zero-order valence-corrected chi connectivity index (χ0v) is 14.8. The lowest BCUT2D eigenvalue weighted by atomic mass is 9.88. The van der Waals surface area contributed by atoms with Crippen molar-refractivity contribution in [2.45, 2.75) is 12.8 Å². The van der Waals surface area contributed by atoms with E-state index >= 15 is 0 Å². The van der Waals surface area contributed by atoms with Crippen LogP contribution in [-0.2, 0) is 0 Å². The number of Topliss-reactive ketones (excluding diaryl/α,β-unsaturated/α-hetero) is 1. The van der Waals surface area contributed by atoms with E-state index in [4.69, 9.17) is 9.47 Å². The summed E-state index contributed by atoms with van der Waals surface area (Å²) in [4.78, 5) is 27.1. The van der Waals surface area contributed by atoms with Crippen molar-refractivity contribution in [1.29, 1.82) is 0 Å². The van der Waals surface area contributed by atoms with Gasteiger partial charge in [0.05, 0.1) is 5.56 Å². The quantitative estimate of drug-likeness (QED) is 0.469. The number of aromatic nitrogens is 1. The molecule has 2 aromatic rings. The smallest absolute Gasteiger partial charge is 0.254 e. The molecule has 4 rings (SSSR count). The Morgan fingerprint density at radius 2 is 1.63 bits per heavy atom. The maximum atomic E-state index is 12.8. The highest BCUT2D eigenvalue weighted by Crippen LogP contribution is 2.32. The lowest BCUT2D eigenvalue weighted by Crippen LogP contribution is -2.40. The number of hydrogen-bond acceptors (Lipinski definition) is 5. The van der Waals surface area contributed by atoms with E-state index in [1.807, 2.05) is 0 Å². The molecule has 0 bridgehead atoms. The SMILES string of the molecule is O=C(c1ccc2c(c1)OCCO2)C1CCN(C(=O)c2cc[n+]([O-])cc2)CC1. The van der Waals surface area contributed by atoms with E-state index in [1.54, 1.807) is 23.1 Å². The Kier molecular flexibility index (Phi) is 4.66. The van der Waals surface area contributed by atoms with Gasteiger partial charge in [0.25, 0.3) is 5.91 Å². The third kappa shape index (κ3) is 3.58. The summed E-state index contributed by atoms with van der Waals surface area (Å²) in [6.45, 7) is 2.04. The number of carbonyl (C=O) groups is 2. The molecule has 7 heteroatoms. The summed E-state index contributed by atoms with van der Waals surface area (Å²) in [5, 5.41) is 11.1. The molecule has 0 aliphatic carbocycles. The first-order valence-corrected chi connectivity index (χ1v) is 9.04. The van der Waals surface area contributed by atoms with Crippen molar-refractivity contribution < 1.29 is 23.8 Å².